The minimum atomic E-state index is 0.484. The van der Waals surface area contributed by atoms with Gasteiger partial charge in [0.25, 0.3) is 0 Å². The summed E-state index contributed by atoms with van der Waals surface area (Å²) < 4.78 is 9.89. The second-order valence-corrected chi connectivity index (χ2v) is 7.74. The molecular weight excluding hydrogens is 378 g/mol. The van der Waals surface area contributed by atoms with E-state index in [4.69, 9.17) is 9.72 Å². The number of fused-ring (bicyclic) bond motifs is 1. The molecule has 0 amide bonds. The molecule has 0 radical (unpaired) electrons. The van der Waals surface area contributed by atoms with Crippen LogP contribution in [0.15, 0.2) is 49.1 Å². The SMILES string of the molecule is CCc1c(OCC2CC2c2ccccn2)nc2ccnn2c1NCc1cnn(C)c1. The minimum Gasteiger partial charge on any atom is -0.477 e. The Morgan fingerprint density at radius 2 is 2.13 bits per heavy atom. The number of anilines is 1. The van der Waals surface area contributed by atoms with Gasteiger partial charge in [0, 0.05) is 55.1 Å². The van der Waals surface area contributed by atoms with E-state index in [1.54, 1.807) is 10.9 Å². The highest BCUT2D eigenvalue weighted by Crippen LogP contribution is 2.46. The van der Waals surface area contributed by atoms with Gasteiger partial charge in [0.15, 0.2) is 5.65 Å². The van der Waals surface area contributed by atoms with Gasteiger partial charge in [-0.15, -0.1) is 0 Å². The zero-order valence-corrected chi connectivity index (χ0v) is 17.2. The van der Waals surface area contributed by atoms with Crippen LogP contribution in [0.2, 0.25) is 0 Å². The molecule has 1 aliphatic rings. The van der Waals surface area contributed by atoms with Gasteiger partial charge in [-0.3, -0.25) is 9.67 Å². The lowest BCUT2D eigenvalue weighted by Gasteiger charge is -2.16. The number of aromatic nitrogens is 6. The van der Waals surface area contributed by atoms with Crippen molar-refractivity contribution in [3.8, 4) is 5.88 Å². The third kappa shape index (κ3) is 3.60. The molecule has 0 bridgehead atoms. The first-order chi connectivity index (χ1) is 14.7. The summed E-state index contributed by atoms with van der Waals surface area (Å²) in [5, 5.41) is 12.2. The van der Waals surface area contributed by atoms with E-state index >= 15 is 0 Å². The van der Waals surface area contributed by atoms with Crippen LogP contribution < -0.4 is 10.1 Å². The largest absolute Gasteiger partial charge is 0.477 e. The van der Waals surface area contributed by atoms with Crippen molar-refractivity contribution in [2.24, 2.45) is 13.0 Å². The molecule has 0 spiro atoms. The normalized spacial score (nSPS) is 17.9. The van der Waals surface area contributed by atoms with Crippen LogP contribution in [0.25, 0.3) is 5.65 Å². The number of ether oxygens (including phenoxy) is 1. The highest BCUT2D eigenvalue weighted by Gasteiger charge is 2.40. The summed E-state index contributed by atoms with van der Waals surface area (Å²) in [5.41, 5.74) is 4.06. The molecule has 0 aliphatic heterocycles. The average molecular weight is 403 g/mol. The first-order valence-electron chi connectivity index (χ1n) is 10.3. The zero-order chi connectivity index (χ0) is 20.5. The second kappa shape index (κ2) is 7.78. The van der Waals surface area contributed by atoms with Crippen LogP contribution in [-0.2, 0) is 20.0 Å². The van der Waals surface area contributed by atoms with Crippen LogP contribution in [0.4, 0.5) is 5.82 Å². The first-order valence-corrected chi connectivity index (χ1v) is 10.3. The fourth-order valence-electron chi connectivity index (χ4n) is 3.90. The van der Waals surface area contributed by atoms with Crippen LogP contribution in [-0.4, -0.2) is 36.0 Å². The zero-order valence-electron chi connectivity index (χ0n) is 17.2. The van der Waals surface area contributed by atoms with Crippen LogP contribution in [0, 0.1) is 5.92 Å². The highest BCUT2D eigenvalue weighted by atomic mass is 16.5. The first kappa shape index (κ1) is 18.6. The maximum Gasteiger partial charge on any atom is 0.222 e. The van der Waals surface area contributed by atoms with Crippen molar-refractivity contribution >= 4 is 11.5 Å². The maximum atomic E-state index is 6.24. The van der Waals surface area contributed by atoms with Crippen molar-refractivity contribution < 1.29 is 4.74 Å². The number of rotatable bonds is 8. The van der Waals surface area contributed by atoms with Gasteiger partial charge in [0.05, 0.1) is 24.6 Å². The van der Waals surface area contributed by atoms with E-state index in [1.165, 1.54) is 0 Å². The molecule has 1 saturated carbocycles. The monoisotopic (exact) mass is 403 g/mol. The molecule has 0 saturated heterocycles. The molecule has 2 atom stereocenters. The lowest BCUT2D eigenvalue weighted by Crippen LogP contribution is -2.12. The fraction of sp³-hybridized carbons (Fsp3) is 0.364. The molecule has 1 fully saturated rings. The molecule has 5 rings (SSSR count). The Bertz CT molecular complexity index is 1150. The van der Waals surface area contributed by atoms with E-state index in [-0.39, 0.29) is 0 Å². The Hall–Kier alpha value is -3.42. The summed E-state index contributed by atoms with van der Waals surface area (Å²) in [6, 6.07) is 7.99. The average Bonchev–Trinajstić information content (AvgIpc) is 3.17. The molecule has 1 N–H and O–H groups in total. The lowest BCUT2D eigenvalue weighted by atomic mass is 10.2. The minimum absolute atomic E-state index is 0.484. The van der Waals surface area contributed by atoms with Crippen molar-refractivity contribution in [3.63, 3.8) is 0 Å². The fourth-order valence-corrected chi connectivity index (χ4v) is 3.90. The predicted molar refractivity (Wildman–Crippen MR) is 113 cm³/mol. The molecule has 4 heterocycles. The molecule has 4 aromatic rings. The highest BCUT2D eigenvalue weighted by molar-refractivity contribution is 5.57. The molecule has 2 unspecified atom stereocenters. The molecule has 4 aromatic heterocycles. The molecule has 0 aromatic carbocycles. The Labute approximate surface area is 174 Å². The summed E-state index contributed by atoms with van der Waals surface area (Å²) in [5.74, 6) is 2.58. The molecule has 8 nitrogen and oxygen atoms in total. The predicted octanol–water partition coefficient (Wildman–Crippen LogP) is 3.21. The Morgan fingerprint density at radius 1 is 1.20 bits per heavy atom. The van der Waals surface area contributed by atoms with E-state index in [0.29, 0.717) is 30.9 Å². The second-order valence-electron chi connectivity index (χ2n) is 7.74. The van der Waals surface area contributed by atoms with Gasteiger partial charge in [-0.05, 0) is 25.0 Å². The molecular formula is C22H25N7O. The van der Waals surface area contributed by atoms with E-state index in [2.05, 4.69) is 33.5 Å². The number of hydrogen-bond acceptors (Lipinski definition) is 6. The summed E-state index contributed by atoms with van der Waals surface area (Å²) in [7, 11) is 1.92. The summed E-state index contributed by atoms with van der Waals surface area (Å²) in [6.45, 7) is 3.42. The van der Waals surface area contributed by atoms with E-state index < -0.39 is 0 Å². The van der Waals surface area contributed by atoms with Gasteiger partial charge in [-0.2, -0.15) is 19.7 Å². The summed E-state index contributed by atoms with van der Waals surface area (Å²) in [6.07, 6.45) is 9.39. The topological polar surface area (TPSA) is 82.2 Å². The van der Waals surface area contributed by atoms with Gasteiger partial charge >= 0.3 is 0 Å². The Kier molecular flexibility index (Phi) is 4.82. The third-order valence-electron chi connectivity index (χ3n) is 5.59. The number of pyridine rings is 1. The smallest absolute Gasteiger partial charge is 0.222 e. The van der Waals surface area contributed by atoms with Gasteiger partial charge in [-0.25, -0.2) is 0 Å². The lowest BCUT2D eigenvalue weighted by molar-refractivity contribution is 0.283. The molecule has 30 heavy (non-hydrogen) atoms. The van der Waals surface area contributed by atoms with Gasteiger partial charge in [-0.1, -0.05) is 13.0 Å². The van der Waals surface area contributed by atoms with Crippen LogP contribution in [0.3, 0.4) is 0 Å². The van der Waals surface area contributed by atoms with Gasteiger partial charge in [0.1, 0.15) is 5.82 Å². The molecule has 154 valence electrons. The standard InChI is InChI=1S/C22H25N7O/c1-3-17-21(24-11-15-12-26-28(2)13-15)29-20(7-9-25-29)27-22(17)30-14-16-10-18(16)19-6-4-5-8-23-19/h4-9,12-13,16,18,24H,3,10-11,14H2,1-2H3. The molecule has 1 aliphatic carbocycles. The number of nitrogens with one attached hydrogen (secondary N) is 1. The number of aryl methyl sites for hydroxylation is 1. The van der Waals surface area contributed by atoms with Crippen molar-refractivity contribution in [2.75, 3.05) is 11.9 Å². The van der Waals surface area contributed by atoms with E-state index in [9.17, 15) is 0 Å². The maximum absolute atomic E-state index is 6.24. The Morgan fingerprint density at radius 3 is 2.90 bits per heavy atom. The Balaban J connectivity index is 1.35. The van der Waals surface area contributed by atoms with E-state index in [1.807, 2.05) is 48.4 Å². The number of hydrogen-bond donors (Lipinski definition) is 1. The quantitative estimate of drug-likeness (QED) is 0.486. The van der Waals surface area contributed by atoms with Crippen LogP contribution >= 0.6 is 0 Å². The van der Waals surface area contributed by atoms with Gasteiger partial charge < -0.3 is 10.1 Å². The van der Waals surface area contributed by atoms with Crippen molar-refractivity contribution in [1.82, 2.24) is 29.4 Å². The van der Waals surface area contributed by atoms with Gasteiger partial charge in [0.2, 0.25) is 5.88 Å². The molecule has 8 heteroatoms. The summed E-state index contributed by atoms with van der Waals surface area (Å²) >= 11 is 0. The van der Waals surface area contributed by atoms with Crippen molar-refractivity contribution in [2.45, 2.75) is 32.2 Å². The van der Waals surface area contributed by atoms with Crippen molar-refractivity contribution in [1.29, 1.82) is 0 Å². The van der Waals surface area contributed by atoms with Crippen molar-refractivity contribution in [3.05, 3.63) is 65.9 Å². The third-order valence-corrected chi connectivity index (χ3v) is 5.59. The van der Waals surface area contributed by atoms with Crippen LogP contribution in [0.5, 0.6) is 5.88 Å². The summed E-state index contributed by atoms with van der Waals surface area (Å²) in [4.78, 5) is 9.21. The number of nitrogens with zero attached hydrogens (tertiary/aromatic N) is 6. The van der Waals surface area contributed by atoms with E-state index in [0.717, 1.165) is 41.1 Å². The van der Waals surface area contributed by atoms with Crippen LogP contribution in [0.1, 0.15) is 36.1 Å².